The first-order valence-corrected chi connectivity index (χ1v) is 8.46. The molecule has 0 bridgehead atoms. The summed E-state index contributed by atoms with van der Waals surface area (Å²) in [4.78, 5) is 29.1. The van der Waals surface area contributed by atoms with Gasteiger partial charge in [-0.15, -0.1) is 0 Å². The Hall–Kier alpha value is -2.94. The Morgan fingerprint density at radius 3 is 2.52 bits per heavy atom. The number of allylic oxidation sites excluding steroid dienone is 2. The largest absolute Gasteiger partial charge is 0.361 e. The molecule has 0 saturated heterocycles. The molecule has 0 radical (unpaired) electrons. The number of aromatic amines is 1. The number of rotatable bonds is 3. The molecule has 3 nitrogen and oxygen atoms in total. The first-order chi connectivity index (χ1) is 12.1. The SMILES string of the molecule is CC1(Cc2c[nH]c3ccccc23)C(=O)C=CC(c2ccccc2)C1=O. The fourth-order valence-corrected chi connectivity index (χ4v) is 3.68. The van der Waals surface area contributed by atoms with Crippen LogP contribution in [0.15, 0.2) is 72.9 Å². The summed E-state index contributed by atoms with van der Waals surface area (Å²) in [5.74, 6) is -0.513. The van der Waals surface area contributed by atoms with E-state index in [0.717, 1.165) is 22.0 Å². The highest BCUT2D eigenvalue weighted by Gasteiger charge is 2.45. The monoisotopic (exact) mass is 329 g/mol. The minimum atomic E-state index is -1.04. The van der Waals surface area contributed by atoms with Gasteiger partial charge in [0.05, 0.1) is 11.3 Å². The van der Waals surface area contributed by atoms with Crippen LogP contribution in [0.4, 0.5) is 0 Å². The predicted octanol–water partition coefficient (Wildman–Crippen LogP) is 4.21. The number of hydrogen-bond donors (Lipinski definition) is 1. The molecule has 0 saturated carbocycles. The lowest BCUT2D eigenvalue weighted by atomic mass is 9.67. The Labute approximate surface area is 146 Å². The molecule has 3 aromatic rings. The van der Waals surface area contributed by atoms with Crippen molar-refractivity contribution in [3.63, 3.8) is 0 Å². The van der Waals surface area contributed by atoms with Gasteiger partial charge in [-0.25, -0.2) is 0 Å². The van der Waals surface area contributed by atoms with Crippen molar-refractivity contribution >= 4 is 22.5 Å². The third-order valence-electron chi connectivity index (χ3n) is 5.19. The van der Waals surface area contributed by atoms with Crippen LogP contribution in [-0.2, 0) is 16.0 Å². The summed E-state index contributed by atoms with van der Waals surface area (Å²) in [7, 11) is 0. The molecule has 1 aromatic heterocycles. The molecule has 2 unspecified atom stereocenters. The highest BCUT2D eigenvalue weighted by Crippen LogP contribution is 2.38. The summed E-state index contributed by atoms with van der Waals surface area (Å²) in [6.45, 7) is 1.78. The second kappa shape index (κ2) is 5.85. The molecule has 2 aromatic carbocycles. The van der Waals surface area contributed by atoms with E-state index < -0.39 is 5.41 Å². The van der Waals surface area contributed by atoms with E-state index in [1.165, 1.54) is 0 Å². The van der Waals surface area contributed by atoms with Crippen LogP contribution in [0.2, 0.25) is 0 Å². The van der Waals surface area contributed by atoms with Crippen LogP contribution in [0, 0.1) is 5.41 Å². The molecule has 1 aliphatic rings. The van der Waals surface area contributed by atoms with E-state index in [-0.39, 0.29) is 17.5 Å². The van der Waals surface area contributed by atoms with E-state index >= 15 is 0 Å². The van der Waals surface area contributed by atoms with Crippen molar-refractivity contribution in [2.24, 2.45) is 5.41 Å². The van der Waals surface area contributed by atoms with Crippen molar-refractivity contribution < 1.29 is 9.59 Å². The van der Waals surface area contributed by atoms with Gasteiger partial charge in [0.15, 0.2) is 11.6 Å². The summed E-state index contributed by atoms with van der Waals surface area (Å²) in [5.41, 5.74) is 1.91. The van der Waals surface area contributed by atoms with Crippen molar-refractivity contribution in [3.05, 3.63) is 84.1 Å². The summed E-state index contributed by atoms with van der Waals surface area (Å²) in [6, 6.07) is 17.6. The van der Waals surface area contributed by atoms with E-state index in [0.29, 0.717) is 6.42 Å². The zero-order valence-electron chi connectivity index (χ0n) is 14.0. The highest BCUT2D eigenvalue weighted by atomic mass is 16.2. The number of hydrogen-bond acceptors (Lipinski definition) is 2. The lowest BCUT2D eigenvalue weighted by molar-refractivity contribution is -0.138. The normalized spacial score (nSPS) is 23.3. The molecule has 25 heavy (non-hydrogen) atoms. The summed E-state index contributed by atoms with van der Waals surface area (Å²) >= 11 is 0. The van der Waals surface area contributed by atoms with Gasteiger partial charge in [-0.1, -0.05) is 54.6 Å². The third kappa shape index (κ3) is 2.52. The second-order valence-corrected chi connectivity index (χ2v) is 6.84. The molecule has 4 rings (SSSR count). The Bertz CT molecular complexity index is 983. The maximum absolute atomic E-state index is 13.2. The maximum Gasteiger partial charge on any atom is 0.169 e. The average Bonchev–Trinajstić information content (AvgIpc) is 3.04. The van der Waals surface area contributed by atoms with Gasteiger partial charge in [0.1, 0.15) is 0 Å². The smallest absolute Gasteiger partial charge is 0.169 e. The molecule has 0 aliphatic heterocycles. The van der Waals surface area contributed by atoms with Gasteiger partial charge in [-0.05, 0) is 36.6 Å². The van der Waals surface area contributed by atoms with Crippen molar-refractivity contribution in [2.45, 2.75) is 19.3 Å². The molecule has 2 atom stereocenters. The number of ketones is 2. The van der Waals surface area contributed by atoms with Gasteiger partial charge in [-0.3, -0.25) is 9.59 Å². The summed E-state index contributed by atoms with van der Waals surface area (Å²) < 4.78 is 0. The Morgan fingerprint density at radius 1 is 1.00 bits per heavy atom. The zero-order valence-corrected chi connectivity index (χ0v) is 14.0. The van der Waals surface area contributed by atoms with Crippen LogP contribution >= 0.6 is 0 Å². The number of H-pyrrole nitrogens is 1. The number of benzene rings is 2. The fourth-order valence-electron chi connectivity index (χ4n) is 3.68. The van der Waals surface area contributed by atoms with E-state index in [1.54, 1.807) is 19.1 Å². The molecule has 124 valence electrons. The first-order valence-electron chi connectivity index (χ1n) is 8.46. The summed E-state index contributed by atoms with van der Waals surface area (Å²) in [5, 5.41) is 1.06. The molecule has 1 N–H and O–H groups in total. The third-order valence-corrected chi connectivity index (χ3v) is 5.19. The molecular formula is C22H19NO2. The number of carbonyl (C=O) groups excluding carboxylic acids is 2. The van der Waals surface area contributed by atoms with Crippen molar-refractivity contribution in [2.75, 3.05) is 0 Å². The van der Waals surface area contributed by atoms with Crippen LogP contribution in [-0.4, -0.2) is 16.6 Å². The van der Waals surface area contributed by atoms with Crippen LogP contribution in [0.3, 0.4) is 0 Å². The number of aromatic nitrogens is 1. The Morgan fingerprint density at radius 2 is 1.72 bits per heavy atom. The number of Topliss-reactive ketones (excluding diaryl/α,β-unsaturated/α-hetero) is 1. The lowest BCUT2D eigenvalue weighted by Crippen LogP contribution is -2.43. The average molecular weight is 329 g/mol. The molecule has 1 heterocycles. The van der Waals surface area contributed by atoms with Crippen LogP contribution < -0.4 is 0 Å². The van der Waals surface area contributed by atoms with Gasteiger partial charge < -0.3 is 4.98 Å². The standard InChI is InChI=1S/C22H19NO2/c1-22(13-16-14-23-19-10-6-5-9-17(16)19)20(24)12-11-18(21(22)25)15-7-3-2-4-8-15/h2-12,14,18,23H,13H2,1H3. The van der Waals surface area contributed by atoms with Crippen molar-refractivity contribution in [1.29, 1.82) is 0 Å². The van der Waals surface area contributed by atoms with Gasteiger partial charge in [-0.2, -0.15) is 0 Å². The number of para-hydroxylation sites is 1. The predicted molar refractivity (Wildman–Crippen MR) is 98.4 cm³/mol. The van der Waals surface area contributed by atoms with Gasteiger partial charge in [0.25, 0.3) is 0 Å². The van der Waals surface area contributed by atoms with Gasteiger partial charge >= 0.3 is 0 Å². The van der Waals surface area contributed by atoms with Crippen molar-refractivity contribution in [3.8, 4) is 0 Å². The molecule has 1 aliphatic carbocycles. The second-order valence-electron chi connectivity index (χ2n) is 6.84. The van der Waals surface area contributed by atoms with Gasteiger partial charge in [0.2, 0.25) is 0 Å². The maximum atomic E-state index is 13.2. The first kappa shape index (κ1) is 15.6. The van der Waals surface area contributed by atoms with Crippen LogP contribution in [0.1, 0.15) is 24.0 Å². The van der Waals surface area contributed by atoms with E-state index in [9.17, 15) is 9.59 Å². The number of fused-ring (bicyclic) bond motifs is 1. The Balaban J connectivity index is 1.73. The molecule has 0 fully saturated rings. The number of nitrogens with one attached hydrogen (secondary N) is 1. The highest BCUT2D eigenvalue weighted by molar-refractivity contribution is 6.17. The molecular weight excluding hydrogens is 310 g/mol. The summed E-state index contributed by atoms with van der Waals surface area (Å²) in [6.07, 6.45) is 5.62. The van der Waals surface area contributed by atoms with E-state index in [4.69, 9.17) is 0 Å². The number of carbonyl (C=O) groups is 2. The van der Waals surface area contributed by atoms with Crippen LogP contribution in [0.5, 0.6) is 0 Å². The minimum absolute atomic E-state index is 0.0310. The van der Waals surface area contributed by atoms with E-state index in [2.05, 4.69) is 4.98 Å². The minimum Gasteiger partial charge on any atom is -0.361 e. The van der Waals surface area contributed by atoms with Crippen molar-refractivity contribution in [1.82, 2.24) is 4.98 Å². The zero-order chi connectivity index (χ0) is 17.4. The topological polar surface area (TPSA) is 49.9 Å². The Kier molecular flexibility index (Phi) is 3.65. The molecule has 0 spiro atoms. The fraction of sp³-hybridized carbons (Fsp3) is 0.182. The van der Waals surface area contributed by atoms with Crippen LogP contribution in [0.25, 0.3) is 10.9 Å². The molecule has 3 heteroatoms. The molecule has 0 amide bonds. The van der Waals surface area contributed by atoms with Gasteiger partial charge in [0, 0.05) is 17.1 Å². The lowest BCUT2D eigenvalue weighted by Gasteiger charge is -2.32. The quantitative estimate of drug-likeness (QED) is 0.732. The van der Waals surface area contributed by atoms with E-state index in [1.807, 2.05) is 60.8 Å².